The first-order valence-corrected chi connectivity index (χ1v) is 7.71. The molecule has 3 rings (SSSR count). The maximum atomic E-state index is 9.37. The highest BCUT2D eigenvalue weighted by atomic mass is 16.3. The molecule has 2 aromatic carbocycles. The fourth-order valence-corrected chi connectivity index (χ4v) is 3.32. The second kappa shape index (κ2) is 6.00. The summed E-state index contributed by atoms with van der Waals surface area (Å²) in [6, 6.07) is 19.4. The van der Waals surface area contributed by atoms with E-state index >= 15 is 0 Å². The number of aliphatic hydroxyl groups is 1. The number of hydrogen-bond donors (Lipinski definition) is 2. The van der Waals surface area contributed by atoms with Crippen LogP contribution in [0.4, 0.5) is 0 Å². The molecule has 0 aliphatic heterocycles. The van der Waals surface area contributed by atoms with Crippen LogP contribution in [0, 0.1) is 0 Å². The van der Waals surface area contributed by atoms with Crippen LogP contribution in [0.1, 0.15) is 41.9 Å². The summed E-state index contributed by atoms with van der Waals surface area (Å²) in [5.74, 6) is 0.493. The van der Waals surface area contributed by atoms with Gasteiger partial charge in [-0.05, 0) is 48.3 Å². The van der Waals surface area contributed by atoms with E-state index in [1.807, 2.05) is 6.07 Å². The third kappa shape index (κ3) is 3.34. The van der Waals surface area contributed by atoms with Crippen molar-refractivity contribution in [2.24, 2.45) is 5.73 Å². The molecule has 0 radical (unpaired) electrons. The predicted octanol–water partition coefficient (Wildman–Crippen LogP) is 3.23. The average Bonchev–Trinajstić information content (AvgIpc) is 2.92. The fraction of sp³-hybridized carbons (Fsp3) is 0.368. The van der Waals surface area contributed by atoms with Gasteiger partial charge in [0.05, 0.1) is 6.61 Å². The number of aliphatic hydroxyl groups excluding tert-OH is 1. The van der Waals surface area contributed by atoms with Gasteiger partial charge in [0.1, 0.15) is 0 Å². The lowest BCUT2D eigenvalue weighted by molar-refractivity contribution is 0.198. The predicted molar refractivity (Wildman–Crippen MR) is 86.3 cm³/mol. The Balaban J connectivity index is 1.68. The SMILES string of the molecule is N[C@]1(CO)CC[C@@H](c2ccc(Cc3ccccc3)cc2)C1. The summed E-state index contributed by atoms with van der Waals surface area (Å²) >= 11 is 0. The zero-order valence-electron chi connectivity index (χ0n) is 12.3. The zero-order chi connectivity index (χ0) is 14.7. The van der Waals surface area contributed by atoms with E-state index in [0.29, 0.717) is 5.92 Å². The summed E-state index contributed by atoms with van der Waals surface area (Å²) < 4.78 is 0. The van der Waals surface area contributed by atoms with E-state index < -0.39 is 0 Å². The van der Waals surface area contributed by atoms with Gasteiger partial charge in [0.2, 0.25) is 0 Å². The Labute approximate surface area is 126 Å². The third-order valence-corrected chi connectivity index (χ3v) is 4.66. The molecule has 110 valence electrons. The number of hydrogen-bond acceptors (Lipinski definition) is 2. The van der Waals surface area contributed by atoms with Crippen molar-refractivity contribution in [1.82, 2.24) is 0 Å². The van der Waals surface area contributed by atoms with Crippen LogP contribution >= 0.6 is 0 Å². The standard InChI is InChI=1S/C19H23NO/c20-19(14-21)11-10-18(13-19)17-8-6-16(7-9-17)12-15-4-2-1-3-5-15/h1-9,18,21H,10-14,20H2/t18-,19-/m1/s1. The van der Waals surface area contributed by atoms with Crippen molar-refractivity contribution in [3.05, 3.63) is 71.3 Å². The first-order valence-electron chi connectivity index (χ1n) is 7.71. The van der Waals surface area contributed by atoms with Crippen LogP contribution in [0.3, 0.4) is 0 Å². The van der Waals surface area contributed by atoms with E-state index in [-0.39, 0.29) is 12.1 Å². The van der Waals surface area contributed by atoms with Crippen LogP contribution < -0.4 is 5.73 Å². The Morgan fingerprint density at radius 1 is 1.00 bits per heavy atom. The second-order valence-electron chi connectivity index (χ2n) is 6.36. The molecule has 0 spiro atoms. The Kier molecular flexibility index (Phi) is 4.09. The molecule has 3 N–H and O–H groups in total. The second-order valence-corrected chi connectivity index (χ2v) is 6.36. The number of nitrogens with two attached hydrogens (primary N) is 1. The molecular weight excluding hydrogens is 258 g/mol. The zero-order valence-corrected chi connectivity index (χ0v) is 12.3. The first-order chi connectivity index (χ1) is 10.2. The molecule has 0 unspecified atom stereocenters. The minimum Gasteiger partial charge on any atom is -0.394 e. The van der Waals surface area contributed by atoms with Gasteiger partial charge in [-0.15, -0.1) is 0 Å². The molecule has 2 nitrogen and oxygen atoms in total. The fourth-order valence-electron chi connectivity index (χ4n) is 3.32. The van der Waals surface area contributed by atoms with E-state index in [4.69, 9.17) is 5.73 Å². The molecule has 0 amide bonds. The summed E-state index contributed by atoms with van der Waals surface area (Å²) in [5.41, 5.74) is 9.83. The molecule has 21 heavy (non-hydrogen) atoms. The van der Waals surface area contributed by atoms with Crippen molar-refractivity contribution in [1.29, 1.82) is 0 Å². The molecule has 1 fully saturated rings. The molecule has 2 heteroatoms. The minimum absolute atomic E-state index is 0.0928. The maximum Gasteiger partial charge on any atom is 0.0611 e. The highest BCUT2D eigenvalue weighted by Crippen LogP contribution is 2.39. The Morgan fingerprint density at radius 3 is 2.29 bits per heavy atom. The van der Waals surface area contributed by atoms with E-state index in [1.54, 1.807) is 0 Å². The maximum absolute atomic E-state index is 9.37. The van der Waals surface area contributed by atoms with Crippen molar-refractivity contribution in [3.8, 4) is 0 Å². The summed E-state index contributed by atoms with van der Waals surface area (Å²) in [7, 11) is 0. The van der Waals surface area contributed by atoms with Crippen molar-refractivity contribution >= 4 is 0 Å². The molecule has 0 heterocycles. The average molecular weight is 281 g/mol. The van der Waals surface area contributed by atoms with Crippen LogP contribution in [-0.2, 0) is 6.42 Å². The molecule has 0 aromatic heterocycles. The Morgan fingerprint density at radius 2 is 1.67 bits per heavy atom. The van der Waals surface area contributed by atoms with Gasteiger partial charge in [0.25, 0.3) is 0 Å². The Bertz CT molecular complexity index is 578. The van der Waals surface area contributed by atoms with Gasteiger partial charge in [-0.3, -0.25) is 0 Å². The largest absolute Gasteiger partial charge is 0.394 e. The summed E-state index contributed by atoms with van der Waals surface area (Å²) in [6.45, 7) is 0.0928. The van der Waals surface area contributed by atoms with Crippen molar-refractivity contribution in [2.45, 2.75) is 37.1 Å². The molecule has 0 bridgehead atoms. The molecule has 2 aromatic rings. The van der Waals surface area contributed by atoms with Gasteiger partial charge in [-0.1, -0.05) is 54.6 Å². The van der Waals surface area contributed by atoms with E-state index in [9.17, 15) is 5.11 Å². The van der Waals surface area contributed by atoms with Gasteiger partial charge in [-0.25, -0.2) is 0 Å². The van der Waals surface area contributed by atoms with Crippen LogP contribution in [0.5, 0.6) is 0 Å². The van der Waals surface area contributed by atoms with E-state index in [2.05, 4.69) is 48.5 Å². The van der Waals surface area contributed by atoms with Crippen LogP contribution in [0.2, 0.25) is 0 Å². The van der Waals surface area contributed by atoms with Gasteiger partial charge < -0.3 is 10.8 Å². The number of rotatable bonds is 4. The number of benzene rings is 2. The molecule has 2 atom stereocenters. The Hall–Kier alpha value is -1.64. The molecule has 1 aliphatic carbocycles. The normalized spacial score (nSPS) is 25.1. The van der Waals surface area contributed by atoms with Crippen molar-refractivity contribution in [2.75, 3.05) is 6.61 Å². The molecular formula is C19H23NO. The lowest BCUT2D eigenvalue weighted by Gasteiger charge is -2.21. The van der Waals surface area contributed by atoms with Crippen LogP contribution in [0.15, 0.2) is 54.6 Å². The van der Waals surface area contributed by atoms with E-state index in [1.165, 1.54) is 16.7 Å². The molecule has 0 saturated heterocycles. The topological polar surface area (TPSA) is 46.2 Å². The monoisotopic (exact) mass is 281 g/mol. The highest BCUT2D eigenvalue weighted by Gasteiger charge is 2.35. The van der Waals surface area contributed by atoms with Gasteiger partial charge >= 0.3 is 0 Å². The lowest BCUT2D eigenvalue weighted by Crippen LogP contribution is -2.40. The van der Waals surface area contributed by atoms with Crippen LogP contribution in [0.25, 0.3) is 0 Å². The lowest BCUT2D eigenvalue weighted by atomic mass is 9.92. The quantitative estimate of drug-likeness (QED) is 0.903. The van der Waals surface area contributed by atoms with Gasteiger partial charge in [0.15, 0.2) is 0 Å². The van der Waals surface area contributed by atoms with Gasteiger partial charge in [0, 0.05) is 5.54 Å². The minimum atomic E-state index is -0.368. The third-order valence-electron chi connectivity index (χ3n) is 4.66. The first kappa shape index (κ1) is 14.3. The summed E-state index contributed by atoms with van der Waals surface area (Å²) in [4.78, 5) is 0. The summed E-state index contributed by atoms with van der Waals surface area (Å²) in [5, 5.41) is 9.37. The molecule has 1 aliphatic rings. The van der Waals surface area contributed by atoms with Crippen molar-refractivity contribution < 1.29 is 5.11 Å². The van der Waals surface area contributed by atoms with Gasteiger partial charge in [-0.2, -0.15) is 0 Å². The smallest absolute Gasteiger partial charge is 0.0611 e. The highest BCUT2D eigenvalue weighted by molar-refractivity contribution is 5.31. The summed E-state index contributed by atoms with van der Waals surface area (Å²) in [6.07, 6.45) is 3.86. The molecule has 1 saturated carbocycles. The van der Waals surface area contributed by atoms with Crippen LogP contribution in [-0.4, -0.2) is 17.3 Å². The van der Waals surface area contributed by atoms with Crippen molar-refractivity contribution in [3.63, 3.8) is 0 Å². The van der Waals surface area contributed by atoms with E-state index in [0.717, 1.165) is 25.7 Å².